The SMILES string of the molecule is Cc1nn(CC(=O)N2CCC(C(O)CO)CC2)c(=O)c2ccccc12. The normalized spacial score (nSPS) is 17.0. The van der Waals surface area contributed by atoms with Crippen LogP contribution < -0.4 is 5.56 Å². The largest absolute Gasteiger partial charge is 0.394 e. The molecule has 1 aliphatic rings. The fraction of sp³-hybridized carbons (Fsp3) is 0.500. The molecule has 134 valence electrons. The number of rotatable bonds is 4. The molecule has 1 aliphatic heterocycles. The number of carbonyl (C=O) groups excluding carboxylic acids is 1. The van der Waals surface area contributed by atoms with Gasteiger partial charge in [-0.1, -0.05) is 18.2 Å². The number of hydrogen-bond acceptors (Lipinski definition) is 5. The second-order valence-corrected chi connectivity index (χ2v) is 6.56. The summed E-state index contributed by atoms with van der Waals surface area (Å²) in [5, 5.41) is 24.4. The molecular formula is C18H23N3O4. The lowest BCUT2D eigenvalue weighted by atomic mass is 9.91. The monoisotopic (exact) mass is 345 g/mol. The van der Waals surface area contributed by atoms with Crippen molar-refractivity contribution in [2.45, 2.75) is 32.4 Å². The van der Waals surface area contributed by atoms with Crippen LogP contribution in [-0.4, -0.2) is 56.6 Å². The summed E-state index contributed by atoms with van der Waals surface area (Å²) in [6.07, 6.45) is 0.559. The first-order chi connectivity index (χ1) is 12.0. The molecule has 1 amide bonds. The molecule has 1 saturated heterocycles. The van der Waals surface area contributed by atoms with Gasteiger partial charge in [-0.15, -0.1) is 0 Å². The Hall–Kier alpha value is -2.25. The van der Waals surface area contributed by atoms with Gasteiger partial charge in [-0.25, -0.2) is 4.68 Å². The van der Waals surface area contributed by atoms with Crippen molar-refractivity contribution in [2.24, 2.45) is 5.92 Å². The molecule has 0 bridgehead atoms. The Morgan fingerprint density at radius 2 is 1.92 bits per heavy atom. The van der Waals surface area contributed by atoms with Crippen LogP contribution in [0.4, 0.5) is 0 Å². The highest BCUT2D eigenvalue weighted by Gasteiger charge is 2.27. The van der Waals surface area contributed by atoms with Gasteiger partial charge < -0.3 is 15.1 Å². The van der Waals surface area contributed by atoms with Crippen molar-refractivity contribution in [3.63, 3.8) is 0 Å². The second kappa shape index (κ2) is 7.33. The number of nitrogens with zero attached hydrogens (tertiary/aromatic N) is 3. The van der Waals surface area contributed by atoms with Crippen LogP contribution in [0.15, 0.2) is 29.1 Å². The molecule has 3 rings (SSSR count). The van der Waals surface area contributed by atoms with E-state index in [0.717, 1.165) is 5.39 Å². The van der Waals surface area contributed by atoms with E-state index in [1.165, 1.54) is 4.68 Å². The van der Waals surface area contributed by atoms with Crippen LogP contribution in [0, 0.1) is 12.8 Å². The molecule has 0 radical (unpaired) electrons. The van der Waals surface area contributed by atoms with Crippen molar-refractivity contribution in [1.29, 1.82) is 0 Å². The molecule has 7 nitrogen and oxygen atoms in total. The van der Waals surface area contributed by atoms with E-state index in [1.807, 2.05) is 19.1 Å². The van der Waals surface area contributed by atoms with Gasteiger partial charge in [0.15, 0.2) is 0 Å². The summed E-state index contributed by atoms with van der Waals surface area (Å²) in [5.74, 6) is -0.140. The van der Waals surface area contributed by atoms with Crippen LogP contribution in [0.3, 0.4) is 0 Å². The second-order valence-electron chi connectivity index (χ2n) is 6.56. The Bertz CT molecular complexity index is 825. The van der Waals surface area contributed by atoms with E-state index in [4.69, 9.17) is 5.11 Å². The Balaban J connectivity index is 1.73. The Morgan fingerprint density at radius 3 is 2.56 bits per heavy atom. The fourth-order valence-electron chi connectivity index (χ4n) is 3.42. The van der Waals surface area contributed by atoms with E-state index in [1.54, 1.807) is 17.0 Å². The number of amides is 1. The summed E-state index contributed by atoms with van der Waals surface area (Å²) in [7, 11) is 0. The number of fused-ring (bicyclic) bond motifs is 1. The predicted molar refractivity (Wildman–Crippen MR) is 93.1 cm³/mol. The topological polar surface area (TPSA) is 95.7 Å². The van der Waals surface area contributed by atoms with Crippen molar-refractivity contribution in [1.82, 2.24) is 14.7 Å². The molecule has 1 unspecified atom stereocenters. The predicted octanol–water partition coefficient (Wildman–Crippen LogP) is 0.297. The zero-order valence-corrected chi connectivity index (χ0v) is 14.3. The summed E-state index contributed by atoms with van der Waals surface area (Å²) >= 11 is 0. The third-order valence-electron chi connectivity index (χ3n) is 4.96. The minimum Gasteiger partial charge on any atom is -0.394 e. The highest BCUT2D eigenvalue weighted by atomic mass is 16.3. The van der Waals surface area contributed by atoms with E-state index in [-0.39, 0.29) is 30.5 Å². The number of likely N-dealkylation sites (tertiary alicyclic amines) is 1. The average Bonchev–Trinajstić information content (AvgIpc) is 2.65. The first-order valence-corrected chi connectivity index (χ1v) is 8.54. The lowest BCUT2D eigenvalue weighted by molar-refractivity contribution is -0.134. The smallest absolute Gasteiger partial charge is 0.275 e. The van der Waals surface area contributed by atoms with E-state index in [0.29, 0.717) is 37.0 Å². The third-order valence-corrected chi connectivity index (χ3v) is 4.96. The summed E-state index contributed by atoms with van der Waals surface area (Å²) in [6, 6.07) is 7.25. The van der Waals surface area contributed by atoms with Crippen LogP contribution >= 0.6 is 0 Å². The molecule has 7 heteroatoms. The van der Waals surface area contributed by atoms with Gasteiger partial charge in [-0.05, 0) is 31.7 Å². The van der Waals surface area contributed by atoms with Gasteiger partial charge in [0, 0.05) is 18.5 Å². The highest BCUT2D eigenvalue weighted by Crippen LogP contribution is 2.21. The number of hydrogen-bond donors (Lipinski definition) is 2. The molecule has 1 aromatic heterocycles. The summed E-state index contributed by atoms with van der Waals surface area (Å²) in [4.78, 5) is 26.8. The van der Waals surface area contributed by atoms with Gasteiger partial charge in [0.05, 0.1) is 23.8 Å². The number of aryl methyl sites for hydroxylation is 1. The van der Waals surface area contributed by atoms with Gasteiger partial charge in [-0.2, -0.15) is 5.10 Å². The van der Waals surface area contributed by atoms with Crippen molar-refractivity contribution < 1.29 is 15.0 Å². The van der Waals surface area contributed by atoms with Crippen molar-refractivity contribution >= 4 is 16.7 Å². The molecule has 1 fully saturated rings. The van der Waals surface area contributed by atoms with E-state index in [9.17, 15) is 14.7 Å². The maximum atomic E-state index is 12.5. The first-order valence-electron chi connectivity index (χ1n) is 8.54. The molecule has 2 aromatic rings. The minimum atomic E-state index is -0.732. The minimum absolute atomic E-state index is 0.0119. The van der Waals surface area contributed by atoms with Gasteiger partial charge in [0.1, 0.15) is 6.54 Å². The van der Waals surface area contributed by atoms with Gasteiger partial charge in [0.2, 0.25) is 5.91 Å². The Morgan fingerprint density at radius 1 is 1.28 bits per heavy atom. The maximum absolute atomic E-state index is 12.5. The highest BCUT2D eigenvalue weighted by molar-refractivity contribution is 5.83. The molecular weight excluding hydrogens is 322 g/mol. The van der Waals surface area contributed by atoms with Crippen molar-refractivity contribution in [2.75, 3.05) is 19.7 Å². The van der Waals surface area contributed by atoms with E-state index < -0.39 is 6.10 Å². The average molecular weight is 345 g/mol. The molecule has 25 heavy (non-hydrogen) atoms. The molecule has 0 spiro atoms. The number of aliphatic hydroxyl groups excluding tert-OH is 2. The maximum Gasteiger partial charge on any atom is 0.275 e. The summed E-state index contributed by atoms with van der Waals surface area (Å²) in [5.41, 5.74) is 0.452. The van der Waals surface area contributed by atoms with Crippen LogP contribution in [-0.2, 0) is 11.3 Å². The van der Waals surface area contributed by atoms with Gasteiger partial charge in [0.25, 0.3) is 5.56 Å². The Labute approximate surface area is 145 Å². The third kappa shape index (κ3) is 3.57. The number of piperidine rings is 1. The van der Waals surface area contributed by atoms with Gasteiger partial charge in [-0.3, -0.25) is 9.59 Å². The molecule has 2 heterocycles. The van der Waals surface area contributed by atoms with Crippen LogP contribution in [0.25, 0.3) is 10.8 Å². The van der Waals surface area contributed by atoms with Crippen LogP contribution in [0.5, 0.6) is 0 Å². The van der Waals surface area contributed by atoms with Crippen molar-refractivity contribution in [3.8, 4) is 0 Å². The number of carbonyl (C=O) groups is 1. The zero-order chi connectivity index (χ0) is 18.0. The van der Waals surface area contributed by atoms with E-state index >= 15 is 0 Å². The fourth-order valence-corrected chi connectivity index (χ4v) is 3.42. The Kier molecular flexibility index (Phi) is 5.15. The first kappa shape index (κ1) is 17.6. The summed E-state index contributed by atoms with van der Waals surface area (Å²) in [6.45, 7) is 2.51. The van der Waals surface area contributed by atoms with Crippen molar-refractivity contribution in [3.05, 3.63) is 40.3 Å². The number of aromatic nitrogens is 2. The van der Waals surface area contributed by atoms with E-state index in [2.05, 4.69) is 5.10 Å². The lowest BCUT2D eigenvalue weighted by Gasteiger charge is -2.33. The van der Waals surface area contributed by atoms with Crippen LogP contribution in [0.2, 0.25) is 0 Å². The summed E-state index contributed by atoms with van der Waals surface area (Å²) < 4.78 is 1.23. The van der Waals surface area contributed by atoms with Gasteiger partial charge >= 0.3 is 0 Å². The number of aliphatic hydroxyl groups is 2. The molecule has 2 N–H and O–H groups in total. The quantitative estimate of drug-likeness (QED) is 0.831. The number of benzene rings is 1. The lowest BCUT2D eigenvalue weighted by Crippen LogP contribution is -2.44. The molecule has 0 saturated carbocycles. The molecule has 1 aromatic carbocycles. The standard InChI is InChI=1S/C18H23N3O4/c1-12-14-4-2-3-5-15(14)18(25)21(19-12)10-17(24)20-8-6-13(7-9-20)16(23)11-22/h2-5,13,16,22-23H,6-11H2,1H3. The van der Waals surface area contributed by atoms with Crippen LogP contribution in [0.1, 0.15) is 18.5 Å². The molecule has 1 atom stereocenters. The zero-order valence-electron chi connectivity index (χ0n) is 14.3. The molecule has 0 aliphatic carbocycles.